The average molecular weight is 261 g/mol. The number of hydrogen-bond donors (Lipinski definition) is 1. The standard InChI is InChI=1S/C14H19N3O2/c18-17(19)13-3-1-11(2-4-13)9-16-8-6-14-12(10-16)5-7-15-14/h1-4,12,14-15H,5-10H2. The van der Waals surface area contributed by atoms with Crippen molar-refractivity contribution < 1.29 is 4.92 Å². The number of fused-ring (bicyclic) bond motifs is 1. The van der Waals surface area contributed by atoms with Gasteiger partial charge in [0.1, 0.15) is 0 Å². The minimum absolute atomic E-state index is 0.169. The third-order valence-electron chi connectivity index (χ3n) is 4.29. The van der Waals surface area contributed by atoms with Crippen LogP contribution < -0.4 is 5.32 Å². The Balaban J connectivity index is 1.60. The SMILES string of the molecule is O=[N+]([O-])c1ccc(CN2CCC3NCCC3C2)cc1. The minimum Gasteiger partial charge on any atom is -0.314 e. The van der Waals surface area contributed by atoms with Gasteiger partial charge in [0, 0.05) is 31.3 Å². The molecule has 0 spiro atoms. The van der Waals surface area contributed by atoms with Crippen molar-refractivity contribution in [2.24, 2.45) is 5.92 Å². The van der Waals surface area contributed by atoms with Crippen LogP contribution in [-0.4, -0.2) is 35.5 Å². The third kappa shape index (κ3) is 2.77. The molecule has 5 heteroatoms. The van der Waals surface area contributed by atoms with Gasteiger partial charge in [0.2, 0.25) is 0 Å². The van der Waals surface area contributed by atoms with Gasteiger partial charge in [-0.05, 0) is 37.4 Å². The van der Waals surface area contributed by atoms with Crippen molar-refractivity contribution in [1.29, 1.82) is 0 Å². The molecular weight excluding hydrogens is 242 g/mol. The van der Waals surface area contributed by atoms with Crippen LogP contribution in [0.2, 0.25) is 0 Å². The molecule has 2 aliphatic rings. The van der Waals surface area contributed by atoms with Gasteiger partial charge in [-0.1, -0.05) is 12.1 Å². The first-order chi connectivity index (χ1) is 9.22. The van der Waals surface area contributed by atoms with Gasteiger partial charge in [0.15, 0.2) is 0 Å². The molecule has 3 rings (SSSR count). The monoisotopic (exact) mass is 261 g/mol. The maximum Gasteiger partial charge on any atom is 0.269 e. The molecule has 2 saturated heterocycles. The van der Waals surface area contributed by atoms with E-state index in [9.17, 15) is 10.1 Å². The molecule has 19 heavy (non-hydrogen) atoms. The van der Waals surface area contributed by atoms with E-state index >= 15 is 0 Å². The maximum atomic E-state index is 10.6. The van der Waals surface area contributed by atoms with Gasteiger partial charge in [-0.2, -0.15) is 0 Å². The second kappa shape index (κ2) is 5.27. The Morgan fingerprint density at radius 3 is 2.84 bits per heavy atom. The second-order valence-electron chi connectivity index (χ2n) is 5.56. The van der Waals surface area contributed by atoms with Crippen molar-refractivity contribution in [2.75, 3.05) is 19.6 Å². The highest BCUT2D eigenvalue weighted by molar-refractivity contribution is 5.32. The van der Waals surface area contributed by atoms with Crippen LogP contribution >= 0.6 is 0 Å². The molecule has 0 saturated carbocycles. The fourth-order valence-corrected chi connectivity index (χ4v) is 3.25. The predicted octanol–water partition coefficient (Wildman–Crippen LogP) is 1.78. The highest BCUT2D eigenvalue weighted by atomic mass is 16.6. The normalized spacial score (nSPS) is 27.2. The van der Waals surface area contributed by atoms with Gasteiger partial charge in [-0.15, -0.1) is 0 Å². The summed E-state index contributed by atoms with van der Waals surface area (Å²) in [6, 6.07) is 7.65. The zero-order valence-electron chi connectivity index (χ0n) is 10.9. The molecule has 2 unspecified atom stereocenters. The molecule has 0 aromatic heterocycles. The van der Waals surface area contributed by atoms with Crippen LogP contribution in [-0.2, 0) is 6.54 Å². The van der Waals surface area contributed by atoms with Crippen LogP contribution in [0, 0.1) is 16.0 Å². The van der Waals surface area contributed by atoms with Gasteiger partial charge in [0.05, 0.1) is 4.92 Å². The predicted molar refractivity (Wildman–Crippen MR) is 72.9 cm³/mol. The lowest BCUT2D eigenvalue weighted by Gasteiger charge is -2.34. The summed E-state index contributed by atoms with van der Waals surface area (Å²) in [4.78, 5) is 12.7. The van der Waals surface area contributed by atoms with E-state index in [2.05, 4.69) is 10.2 Å². The Morgan fingerprint density at radius 2 is 2.11 bits per heavy atom. The fraction of sp³-hybridized carbons (Fsp3) is 0.571. The van der Waals surface area contributed by atoms with Crippen molar-refractivity contribution in [3.63, 3.8) is 0 Å². The number of benzene rings is 1. The van der Waals surface area contributed by atoms with E-state index in [-0.39, 0.29) is 10.6 Å². The molecule has 0 amide bonds. The van der Waals surface area contributed by atoms with Crippen LogP contribution in [0.3, 0.4) is 0 Å². The zero-order valence-corrected chi connectivity index (χ0v) is 10.9. The van der Waals surface area contributed by atoms with Crippen molar-refractivity contribution in [3.05, 3.63) is 39.9 Å². The Kier molecular flexibility index (Phi) is 3.48. The highest BCUT2D eigenvalue weighted by Gasteiger charge is 2.32. The Bertz CT molecular complexity index is 460. The van der Waals surface area contributed by atoms with Crippen LogP contribution in [0.5, 0.6) is 0 Å². The van der Waals surface area contributed by atoms with E-state index in [0.29, 0.717) is 6.04 Å². The second-order valence-corrected chi connectivity index (χ2v) is 5.56. The maximum absolute atomic E-state index is 10.6. The number of nitro benzene ring substituents is 1. The summed E-state index contributed by atoms with van der Waals surface area (Å²) in [5.74, 6) is 0.784. The zero-order chi connectivity index (χ0) is 13.2. The number of nitro groups is 1. The summed E-state index contributed by atoms with van der Waals surface area (Å²) < 4.78 is 0. The number of piperidine rings is 1. The van der Waals surface area contributed by atoms with E-state index < -0.39 is 0 Å². The summed E-state index contributed by atoms with van der Waals surface area (Å²) in [6.07, 6.45) is 2.50. The van der Waals surface area contributed by atoms with E-state index in [4.69, 9.17) is 0 Å². The summed E-state index contributed by atoms with van der Waals surface area (Å²) in [7, 11) is 0. The van der Waals surface area contributed by atoms with Crippen molar-refractivity contribution in [1.82, 2.24) is 10.2 Å². The number of hydrogen-bond acceptors (Lipinski definition) is 4. The number of likely N-dealkylation sites (tertiary alicyclic amines) is 1. The largest absolute Gasteiger partial charge is 0.314 e. The van der Waals surface area contributed by atoms with Gasteiger partial charge in [-0.3, -0.25) is 15.0 Å². The lowest BCUT2D eigenvalue weighted by atomic mass is 9.93. The van der Waals surface area contributed by atoms with Crippen molar-refractivity contribution >= 4 is 5.69 Å². The third-order valence-corrected chi connectivity index (χ3v) is 4.29. The van der Waals surface area contributed by atoms with E-state index in [1.807, 2.05) is 12.1 Å². The molecule has 1 N–H and O–H groups in total. The molecule has 2 fully saturated rings. The molecule has 0 bridgehead atoms. The number of non-ortho nitro benzene ring substituents is 1. The van der Waals surface area contributed by atoms with Gasteiger partial charge >= 0.3 is 0 Å². The van der Waals surface area contributed by atoms with Crippen LogP contribution in [0.15, 0.2) is 24.3 Å². The Morgan fingerprint density at radius 1 is 1.32 bits per heavy atom. The molecule has 2 atom stereocenters. The summed E-state index contributed by atoms with van der Waals surface area (Å²) >= 11 is 0. The van der Waals surface area contributed by atoms with E-state index in [0.717, 1.165) is 37.7 Å². The van der Waals surface area contributed by atoms with Crippen molar-refractivity contribution in [2.45, 2.75) is 25.4 Å². The molecule has 102 valence electrons. The Labute approximate surface area is 112 Å². The van der Waals surface area contributed by atoms with E-state index in [1.54, 1.807) is 12.1 Å². The average Bonchev–Trinajstić information content (AvgIpc) is 2.87. The smallest absolute Gasteiger partial charge is 0.269 e. The quantitative estimate of drug-likeness (QED) is 0.665. The molecule has 0 radical (unpaired) electrons. The first kappa shape index (κ1) is 12.6. The summed E-state index contributed by atoms with van der Waals surface area (Å²) in [5, 5.41) is 14.2. The molecular formula is C14H19N3O2. The molecule has 0 aliphatic carbocycles. The molecule has 2 aliphatic heterocycles. The first-order valence-corrected chi connectivity index (χ1v) is 6.91. The van der Waals surface area contributed by atoms with E-state index in [1.165, 1.54) is 12.8 Å². The minimum atomic E-state index is -0.348. The number of nitrogens with zero attached hydrogens (tertiary/aromatic N) is 2. The Hall–Kier alpha value is -1.46. The molecule has 5 nitrogen and oxygen atoms in total. The highest BCUT2D eigenvalue weighted by Crippen LogP contribution is 2.25. The van der Waals surface area contributed by atoms with Gasteiger partial charge in [0.25, 0.3) is 5.69 Å². The van der Waals surface area contributed by atoms with Crippen LogP contribution in [0.1, 0.15) is 18.4 Å². The first-order valence-electron chi connectivity index (χ1n) is 6.91. The molecule has 1 aromatic rings. The summed E-state index contributed by atoms with van der Waals surface area (Å²) in [6.45, 7) is 4.32. The van der Waals surface area contributed by atoms with Crippen molar-refractivity contribution in [3.8, 4) is 0 Å². The van der Waals surface area contributed by atoms with Gasteiger partial charge < -0.3 is 5.32 Å². The molecule has 1 aromatic carbocycles. The van der Waals surface area contributed by atoms with Crippen LogP contribution in [0.25, 0.3) is 0 Å². The lowest BCUT2D eigenvalue weighted by Crippen LogP contribution is -2.43. The molecule has 2 heterocycles. The van der Waals surface area contributed by atoms with Gasteiger partial charge in [-0.25, -0.2) is 0 Å². The lowest BCUT2D eigenvalue weighted by molar-refractivity contribution is -0.384. The number of rotatable bonds is 3. The summed E-state index contributed by atoms with van der Waals surface area (Å²) in [5.41, 5.74) is 1.33. The number of nitrogens with one attached hydrogen (secondary N) is 1. The topological polar surface area (TPSA) is 58.4 Å². The van der Waals surface area contributed by atoms with Crippen LogP contribution in [0.4, 0.5) is 5.69 Å². The fourth-order valence-electron chi connectivity index (χ4n) is 3.25.